The van der Waals surface area contributed by atoms with Crippen molar-refractivity contribution in [3.63, 3.8) is 0 Å². The summed E-state index contributed by atoms with van der Waals surface area (Å²) in [5, 5.41) is 75.5. The molecule has 0 heterocycles. The highest BCUT2D eigenvalue weighted by Crippen LogP contribution is 2.54. The minimum Gasteiger partial charge on any atom is -0.192 e. The number of hydrogen-bond donors (Lipinski definition) is 0. The minimum absolute atomic E-state index is 0.185. The molecule has 0 aliphatic carbocycles. The van der Waals surface area contributed by atoms with E-state index >= 15 is 0 Å². The van der Waals surface area contributed by atoms with Crippen molar-refractivity contribution in [2.45, 2.75) is 0 Å². The molecule has 0 atom stereocenters. The van der Waals surface area contributed by atoms with Gasteiger partial charge in [0.2, 0.25) is 0 Å². The molecule has 0 aromatic heterocycles. The molecule has 6 heteroatoms. The fourth-order valence-electron chi connectivity index (χ4n) is 8.89. The quantitative estimate of drug-likeness (QED) is 0.178. The summed E-state index contributed by atoms with van der Waals surface area (Å²) in [6.45, 7) is 0. The van der Waals surface area contributed by atoms with Gasteiger partial charge < -0.3 is 0 Å². The molecule has 10 rings (SSSR count). The van der Waals surface area contributed by atoms with Gasteiger partial charge in [0.1, 0.15) is 0 Å². The van der Waals surface area contributed by atoms with Gasteiger partial charge in [-0.25, -0.2) is 0 Å². The molecule has 6 nitrogen and oxygen atoms in total. The molecule has 0 N–H and O–H groups in total. The Morgan fingerprint density at radius 2 is 0.611 bits per heavy atom. The Morgan fingerprint density at radius 3 is 0.944 bits per heavy atom. The second kappa shape index (κ2) is 11.0. The van der Waals surface area contributed by atoms with Gasteiger partial charge in [0.25, 0.3) is 0 Å². The average Bonchev–Trinajstić information content (AvgIpc) is 3.72. The molecule has 0 aliphatic rings. The predicted molar refractivity (Wildman–Crippen MR) is 211 cm³/mol. The molecule has 54 heavy (non-hydrogen) atoms. The van der Waals surface area contributed by atoms with Crippen molar-refractivity contribution >= 4 is 75.4 Å². The standard InChI is InChI=1S/C48H18N6/c49-19-25-13-29(21-51)41(30(14-25)22-52)47-39-17-37-33-9-1-5-27-6-2-10-34(43(27)33)38(37)18-40(39)48(42-31(23-53)15-26(20-50)16-32(42)24-54)46-36-12-4-8-28-7-3-11-35(44(28)36)45(46)47/h1-18H. The molecule has 0 amide bonds. The Kier molecular flexibility index (Phi) is 6.17. The molecule has 0 unspecified atom stereocenters. The van der Waals surface area contributed by atoms with Crippen LogP contribution in [0.15, 0.2) is 109 Å². The van der Waals surface area contributed by atoms with E-state index in [2.05, 4.69) is 72.8 Å². The summed E-state index contributed by atoms with van der Waals surface area (Å²) in [5.74, 6) is 0. The normalized spacial score (nSPS) is 11.2. The van der Waals surface area contributed by atoms with E-state index in [1.807, 2.05) is 48.5 Å². The highest BCUT2D eigenvalue weighted by Gasteiger charge is 2.29. The van der Waals surface area contributed by atoms with Gasteiger partial charge in [-0.2, -0.15) is 31.6 Å². The maximum atomic E-state index is 10.7. The topological polar surface area (TPSA) is 143 Å². The number of nitrogens with zero attached hydrogens (tertiary/aromatic N) is 6. The number of nitriles is 6. The molecule has 10 aromatic rings. The summed E-state index contributed by atoms with van der Waals surface area (Å²) in [6.07, 6.45) is 0. The highest BCUT2D eigenvalue weighted by atomic mass is 14.4. The molecule has 0 spiro atoms. The first-order chi connectivity index (χ1) is 26.5. The largest absolute Gasteiger partial charge is 0.192 e. The van der Waals surface area contributed by atoms with E-state index < -0.39 is 0 Å². The Morgan fingerprint density at radius 1 is 0.278 bits per heavy atom. The van der Waals surface area contributed by atoms with Crippen LogP contribution < -0.4 is 0 Å². The molecular formula is C48H18N6. The van der Waals surface area contributed by atoms with E-state index in [-0.39, 0.29) is 33.4 Å². The zero-order valence-electron chi connectivity index (χ0n) is 28.1. The lowest BCUT2D eigenvalue weighted by atomic mass is 9.81. The third-order valence-corrected chi connectivity index (χ3v) is 10.9. The van der Waals surface area contributed by atoms with Crippen LogP contribution in [0.1, 0.15) is 33.4 Å². The van der Waals surface area contributed by atoms with Crippen molar-refractivity contribution < 1.29 is 0 Å². The van der Waals surface area contributed by atoms with Crippen molar-refractivity contribution in [1.82, 2.24) is 0 Å². The fourth-order valence-corrected chi connectivity index (χ4v) is 8.89. The van der Waals surface area contributed by atoms with E-state index in [1.54, 1.807) is 0 Å². The Bertz CT molecular complexity index is 3320. The average molecular weight is 679 g/mol. The predicted octanol–water partition coefficient (Wildman–Crippen LogP) is 11.2. The Hall–Kier alpha value is -8.52. The van der Waals surface area contributed by atoms with Crippen molar-refractivity contribution in [1.29, 1.82) is 31.6 Å². The van der Waals surface area contributed by atoms with Crippen LogP contribution in [-0.4, -0.2) is 0 Å². The Labute approximate surface area is 307 Å². The summed E-state index contributed by atoms with van der Waals surface area (Å²) in [5.41, 5.74) is 3.27. The number of rotatable bonds is 2. The molecule has 0 aliphatic heterocycles. The smallest absolute Gasteiger partial charge is 0.0999 e. The van der Waals surface area contributed by atoms with E-state index in [1.165, 1.54) is 24.3 Å². The summed E-state index contributed by atoms with van der Waals surface area (Å²) < 4.78 is 0. The molecule has 0 saturated heterocycles. The monoisotopic (exact) mass is 678 g/mol. The molecule has 0 bridgehead atoms. The van der Waals surface area contributed by atoms with E-state index in [0.717, 1.165) is 64.6 Å². The van der Waals surface area contributed by atoms with E-state index in [9.17, 15) is 31.6 Å². The summed E-state index contributed by atoms with van der Waals surface area (Å²) >= 11 is 0. The second-order valence-corrected chi connectivity index (χ2v) is 13.4. The van der Waals surface area contributed by atoms with Gasteiger partial charge in [0, 0.05) is 22.3 Å². The van der Waals surface area contributed by atoms with Gasteiger partial charge in [-0.3, -0.25) is 0 Å². The molecule has 0 saturated carbocycles. The van der Waals surface area contributed by atoms with Crippen LogP contribution in [0.5, 0.6) is 0 Å². The maximum absolute atomic E-state index is 10.7. The van der Waals surface area contributed by atoms with Gasteiger partial charge in [0.05, 0.1) is 69.8 Å². The van der Waals surface area contributed by atoms with Crippen LogP contribution in [0.3, 0.4) is 0 Å². The van der Waals surface area contributed by atoms with Gasteiger partial charge >= 0.3 is 0 Å². The summed E-state index contributed by atoms with van der Waals surface area (Å²) in [4.78, 5) is 0. The first-order valence-corrected chi connectivity index (χ1v) is 17.0. The van der Waals surface area contributed by atoms with Crippen molar-refractivity contribution in [3.05, 3.63) is 143 Å². The molecular weight excluding hydrogens is 661 g/mol. The number of fused-ring (bicyclic) bond motifs is 7. The molecule has 0 radical (unpaired) electrons. The third-order valence-electron chi connectivity index (χ3n) is 10.9. The van der Waals surface area contributed by atoms with Crippen LogP contribution in [0.25, 0.3) is 97.7 Å². The molecule has 0 fully saturated rings. The van der Waals surface area contributed by atoms with Crippen LogP contribution in [0.2, 0.25) is 0 Å². The molecule has 240 valence electrons. The summed E-state index contributed by atoms with van der Waals surface area (Å²) in [6, 6.07) is 48.3. The lowest BCUT2D eigenvalue weighted by molar-refractivity contribution is 1.41. The SMILES string of the molecule is N#Cc1cc(C#N)c(-c2c3cc4c(cc3c(-c3c(C#N)cc(C#N)cc3C#N)c3c5cccc6cccc(c23)c65)c2cccc3cccc4c32)c(C#N)c1. The van der Waals surface area contributed by atoms with Gasteiger partial charge in [-0.15, -0.1) is 0 Å². The zero-order chi connectivity index (χ0) is 36.8. The first-order valence-electron chi connectivity index (χ1n) is 17.0. The maximum Gasteiger partial charge on any atom is 0.0999 e. The zero-order valence-corrected chi connectivity index (χ0v) is 28.1. The van der Waals surface area contributed by atoms with Gasteiger partial charge in [0.15, 0.2) is 0 Å². The van der Waals surface area contributed by atoms with Crippen LogP contribution in [0.4, 0.5) is 0 Å². The van der Waals surface area contributed by atoms with Crippen LogP contribution in [-0.2, 0) is 0 Å². The van der Waals surface area contributed by atoms with Crippen LogP contribution >= 0.6 is 0 Å². The van der Waals surface area contributed by atoms with Crippen molar-refractivity contribution in [3.8, 4) is 58.7 Å². The van der Waals surface area contributed by atoms with Gasteiger partial charge in [-0.1, -0.05) is 72.8 Å². The number of hydrogen-bond acceptors (Lipinski definition) is 6. The second-order valence-electron chi connectivity index (χ2n) is 13.4. The highest BCUT2D eigenvalue weighted by molar-refractivity contribution is 6.42. The first kappa shape index (κ1) is 30.3. The third kappa shape index (κ3) is 3.81. The Balaban J connectivity index is 1.60. The van der Waals surface area contributed by atoms with Crippen molar-refractivity contribution in [2.75, 3.05) is 0 Å². The summed E-state index contributed by atoms with van der Waals surface area (Å²) in [7, 11) is 0. The lowest BCUT2D eigenvalue weighted by Crippen LogP contribution is -1.98. The van der Waals surface area contributed by atoms with Gasteiger partial charge in [-0.05, 0) is 112 Å². The molecule has 10 aromatic carbocycles. The fraction of sp³-hybridized carbons (Fsp3) is 0. The number of benzene rings is 8. The van der Waals surface area contributed by atoms with E-state index in [4.69, 9.17) is 0 Å². The van der Waals surface area contributed by atoms with Crippen LogP contribution in [0, 0.1) is 68.0 Å². The van der Waals surface area contributed by atoms with Crippen molar-refractivity contribution in [2.24, 2.45) is 0 Å². The minimum atomic E-state index is 0.185. The van der Waals surface area contributed by atoms with E-state index in [0.29, 0.717) is 33.0 Å². The lowest BCUT2D eigenvalue weighted by Gasteiger charge is -2.20.